The molecule has 1 amide bonds. The maximum Gasteiger partial charge on any atom is 0.331 e. The van der Waals surface area contributed by atoms with Gasteiger partial charge in [-0.1, -0.05) is 18.2 Å². The summed E-state index contributed by atoms with van der Waals surface area (Å²) >= 11 is 1.11. The number of methoxy groups -OCH3 is 1. The third kappa shape index (κ3) is 2.98. The Kier molecular flexibility index (Phi) is 3.78. The van der Waals surface area contributed by atoms with Gasteiger partial charge in [-0.25, -0.2) is 9.79 Å². The number of nitrogens with zero attached hydrogens (tertiary/aromatic N) is 1. The second-order valence-corrected chi connectivity index (χ2v) is 4.37. The molecule has 6 heteroatoms. The van der Waals surface area contributed by atoms with E-state index in [0.29, 0.717) is 5.17 Å². The highest BCUT2D eigenvalue weighted by molar-refractivity contribution is 8.18. The highest BCUT2D eigenvalue weighted by atomic mass is 32.2. The molecule has 5 nitrogen and oxygen atoms in total. The number of hydrogen-bond acceptors (Lipinski definition) is 5. The summed E-state index contributed by atoms with van der Waals surface area (Å²) in [6, 6.07) is 9.23. The topological polar surface area (TPSA) is 67.8 Å². The van der Waals surface area contributed by atoms with Crippen molar-refractivity contribution in [2.24, 2.45) is 4.99 Å². The summed E-state index contributed by atoms with van der Waals surface area (Å²) in [7, 11) is 1.26. The molecule has 2 rings (SSSR count). The van der Waals surface area contributed by atoms with Gasteiger partial charge in [0.15, 0.2) is 5.17 Å². The molecule has 1 saturated heterocycles. The summed E-state index contributed by atoms with van der Waals surface area (Å²) in [5.41, 5.74) is 0.736. The molecule has 1 aliphatic heterocycles. The van der Waals surface area contributed by atoms with Crippen LogP contribution in [0.1, 0.15) is 0 Å². The molecule has 18 heavy (non-hydrogen) atoms. The number of nitrogens with one attached hydrogen (secondary N) is 1. The van der Waals surface area contributed by atoms with Gasteiger partial charge >= 0.3 is 5.97 Å². The van der Waals surface area contributed by atoms with Crippen LogP contribution in [0.25, 0.3) is 0 Å². The quantitative estimate of drug-likeness (QED) is 0.649. The smallest absolute Gasteiger partial charge is 0.331 e. The standard InChI is InChI=1S/C12H10N2O3S/c1-17-10(15)7-9-11(16)14-12(18-9)13-8-5-3-2-4-6-8/h2-7H,1H3,(H,13,14,16)/b9-7+. The van der Waals surface area contributed by atoms with E-state index in [9.17, 15) is 9.59 Å². The zero-order valence-corrected chi connectivity index (χ0v) is 10.4. The van der Waals surface area contributed by atoms with Crippen LogP contribution < -0.4 is 5.32 Å². The number of thioether (sulfide) groups is 1. The Balaban J connectivity index is 2.16. The number of rotatable bonds is 2. The van der Waals surface area contributed by atoms with Crippen molar-refractivity contribution < 1.29 is 14.3 Å². The van der Waals surface area contributed by atoms with Gasteiger partial charge in [0.25, 0.3) is 5.91 Å². The summed E-state index contributed by atoms with van der Waals surface area (Å²) in [4.78, 5) is 27.1. The summed E-state index contributed by atoms with van der Waals surface area (Å²) in [6.07, 6.45) is 1.15. The number of para-hydroxylation sites is 1. The first-order valence-electron chi connectivity index (χ1n) is 5.11. The number of esters is 1. The van der Waals surface area contributed by atoms with E-state index in [1.54, 1.807) is 0 Å². The maximum absolute atomic E-state index is 11.5. The minimum atomic E-state index is -0.561. The molecule has 0 spiro atoms. The molecule has 0 saturated carbocycles. The van der Waals surface area contributed by atoms with Crippen LogP contribution in [-0.4, -0.2) is 24.2 Å². The van der Waals surface area contributed by atoms with Gasteiger partial charge in [-0.3, -0.25) is 4.79 Å². The van der Waals surface area contributed by atoms with Crippen molar-refractivity contribution in [2.75, 3.05) is 7.11 Å². The zero-order chi connectivity index (χ0) is 13.0. The highest BCUT2D eigenvalue weighted by Gasteiger charge is 2.24. The second-order valence-electron chi connectivity index (χ2n) is 3.34. The van der Waals surface area contributed by atoms with Crippen molar-refractivity contribution in [1.29, 1.82) is 0 Å². The fourth-order valence-corrected chi connectivity index (χ4v) is 2.07. The predicted molar refractivity (Wildman–Crippen MR) is 69.4 cm³/mol. The molecule has 0 bridgehead atoms. The number of hydrogen-bond donors (Lipinski definition) is 1. The molecule has 1 aromatic carbocycles. The summed E-state index contributed by atoms with van der Waals surface area (Å²) < 4.78 is 4.47. The first-order chi connectivity index (χ1) is 8.69. The largest absolute Gasteiger partial charge is 0.466 e. The molecule has 92 valence electrons. The summed E-state index contributed by atoms with van der Waals surface area (Å²) in [5, 5.41) is 3.03. The van der Waals surface area contributed by atoms with Crippen LogP contribution in [0.2, 0.25) is 0 Å². The van der Waals surface area contributed by atoms with E-state index in [2.05, 4.69) is 15.0 Å². The van der Waals surface area contributed by atoms with Crippen molar-refractivity contribution in [2.45, 2.75) is 0 Å². The Bertz CT molecular complexity index is 538. The molecule has 1 aliphatic rings. The lowest BCUT2D eigenvalue weighted by Gasteiger charge is -1.94. The zero-order valence-electron chi connectivity index (χ0n) is 9.54. The van der Waals surface area contributed by atoms with Crippen LogP contribution in [0.15, 0.2) is 46.3 Å². The monoisotopic (exact) mass is 262 g/mol. The van der Waals surface area contributed by atoms with E-state index in [1.807, 2.05) is 30.3 Å². The third-order valence-electron chi connectivity index (χ3n) is 2.09. The van der Waals surface area contributed by atoms with Gasteiger partial charge in [0.05, 0.1) is 17.7 Å². The third-order valence-corrected chi connectivity index (χ3v) is 3.00. The number of aliphatic imine (C=N–C) groups is 1. The lowest BCUT2D eigenvalue weighted by molar-refractivity contribution is -0.135. The fraction of sp³-hybridized carbons (Fsp3) is 0.0833. The normalized spacial score (nSPS) is 19.1. The van der Waals surface area contributed by atoms with E-state index >= 15 is 0 Å². The van der Waals surface area contributed by atoms with Gasteiger partial charge in [-0.05, 0) is 23.9 Å². The number of carbonyl (C=O) groups excluding carboxylic acids is 2. The predicted octanol–water partition coefficient (Wildman–Crippen LogP) is 1.59. The van der Waals surface area contributed by atoms with E-state index in [1.165, 1.54) is 7.11 Å². The SMILES string of the molecule is COC(=O)/C=C1/SC(=Nc2ccccc2)NC1=O. The second kappa shape index (κ2) is 5.50. The maximum atomic E-state index is 11.5. The molecule has 1 N–H and O–H groups in total. The van der Waals surface area contributed by atoms with Crippen LogP contribution in [0.5, 0.6) is 0 Å². The molecule has 0 radical (unpaired) electrons. The molecule has 0 atom stereocenters. The molecule has 0 aliphatic carbocycles. The lowest BCUT2D eigenvalue weighted by atomic mass is 10.3. The molecular weight excluding hydrogens is 252 g/mol. The van der Waals surface area contributed by atoms with Crippen LogP contribution in [0.3, 0.4) is 0 Å². The van der Waals surface area contributed by atoms with Gasteiger partial charge in [0, 0.05) is 6.08 Å². The minimum absolute atomic E-state index is 0.275. The molecule has 1 heterocycles. The fourth-order valence-electron chi connectivity index (χ4n) is 1.27. The lowest BCUT2D eigenvalue weighted by Crippen LogP contribution is -2.19. The number of carbonyl (C=O) groups is 2. The number of amidine groups is 1. The van der Waals surface area contributed by atoms with Crippen molar-refractivity contribution in [3.8, 4) is 0 Å². The first kappa shape index (κ1) is 12.4. The van der Waals surface area contributed by atoms with Gasteiger partial charge in [0.2, 0.25) is 0 Å². The van der Waals surface area contributed by atoms with E-state index in [4.69, 9.17) is 0 Å². The van der Waals surface area contributed by atoms with Gasteiger partial charge in [0.1, 0.15) is 0 Å². The van der Waals surface area contributed by atoms with Crippen LogP contribution >= 0.6 is 11.8 Å². The van der Waals surface area contributed by atoms with E-state index in [-0.39, 0.29) is 10.8 Å². The Hall–Kier alpha value is -2.08. The van der Waals surface area contributed by atoms with Crippen LogP contribution in [-0.2, 0) is 14.3 Å². The molecule has 1 fully saturated rings. The average molecular weight is 262 g/mol. The van der Waals surface area contributed by atoms with Gasteiger partial charge in [-0.2, -0.15) is 0 Å². The molecule has 0 unspecified atom stereocenters. The molecule has 0 aromatic heterocycles. The Morgan fingerprint density at radius 1 is 1.39 bits per heavy atom. The molecular formula is C12H10N2O3S. The van der Waals surface area contributed by atoms with E-state index in [0.717, 1.165) is 23.5 Å². The number of amides is 1. The number of ether oxygens (including phenoxy) is 1. The van der Waals surface area contributed by atoms with Gasteiger partial charge in [-0.15, -0.1) is 0 Å². The highest BCUT2D eigenvalue weighted by Crippen LogP contribution is 2.25. The Morgan fingerprint density at radius 2 is 2.11 bits per heavy atom. The summed E-state index contributed by atoms with van der Waals surface area (Å²) in [6.45, 7) is 0. The molecule has 1 aromatic rings. The first-order valence-corrected chi connectivity index (χ1v) is 5.93. The van der Waals surface area contributed by atoms with E-state index < -0.39 is 5.97 Å². The number of benzene rings is 1. The van der Waals surface area contributed by atoms with Gasteiger partial charge < -0.3 is 10.1 Å². The average Bonchev–Trinajstić information content (AvgIpc) is 2.70. The van der Waals surface area contributed by atoms with Crippen molar-refractivity contribution >= 4 is 34.5 Å². The Morgan fingerprint density at radius 3 is 2.78 bits per heavy atom. The van der Waals surface area contributed by atoms with Crippen LogP contribution in [0.4, 0.5) is 5.69 Å². The Labute approximate surface area is 108 Å². The van der Waals surface area contributed by atoms with Crippen LogP contribution in [0, 0.1) is 0 Å². The summed E-state index contributed by atoms with van der Waals surface area (Å²) in [5.74, 6) is -0.909. The minimum Gasteiger partial charge on any atom is -0.466 e. The van der Waals surface area contributed by atoms with Crippen molar-refractivity contribution in [3.63, 3.8) is 0 Å². The van der Waals surface area contributed by atoms with Crippen molar-refractivity contribution in [3.05, 3.63) is 41.3 Å². The van der Waals surface area contributed by atoms with Crippen molar-refractivity contribution in [1.82, 2.24) is 5.32 Å².